The molecule has 1 spiro atoms. The Morgan fingerprint density at radius 3 is 2.93 bits per heavy atom. The van der Waals surface area contributed by atoms with Crippen molar-refractivity contribution in [2.45, 2.75) is 31.3 Å². The van der Waals surface area contributed by atoms with Crippen molar-refractivity contribution in [2.24, 2.45) is 0 Å². The average molecular weight is 444 g/mol. The van der Waals surface area contributed by atoms with Gasteiger partial charge in [0.1, 0.15) is 5.75 Å². The van der Waals surface area contributed by atoms with Crippen LogP contribution in [0.25, 0.3) is 0 Å². The summed E-state index contributed by atoms with van der Waals surface area (Å²) >= 11 is 3.47. The Labute approximate surface area is 172 Å². The van der Waals surface area contributed by atoms with Gasteiger partial charge in [-0.3, -0.25) is 4.79 Å². The summed E-state index contributed by atoms with van der Waals surface area (Å²) in [5.41, 5.74) is 1.83. The lowest BCUT2D eigenvalue weighted by atomic mass is 9.85. The fraction of sp³-hybridized carbons (Fsp3) is 0.364. The molecule has 4 rings (SSSR count). The molecule has 0 radical (unpaired) electrons. The number of aryl methyl sites for hydroxylation is 1. The van der Waals surface area contributed by atoms with Gasteiger partial charge in [0.25, 0.3) is 0 Å². The molecule has 5 nitrogen and oxygen atoms in total. The first-order valence-corrected chi connectivity index (χ1v) is 10.2. The van der Waals surface area contributed by atoms with Crippen LogP contribution >= 0.6 is 15.9 Å². The van der Waals surface area contributed by atoms with Crippen molar-refractivity contribution < 1.29 is 19.1 Å². The summed E-state index contributed by atoms with van der Waals surface area (Å²) in [6, 6.07) is 13.3. The molecule has 1 amide bonds. The van der Waals surface area contributed by atoms with Crippen LogP contribution < -0.4 is 4.74 Å². The maximum absolute atomic E-state index is 12.9. The standard InChI is InChI=1S/C22H22BrNO4/c1-27-19-9-8-16(23)13-15(19)7-10-20(25)24-12-4-11-22(14-24)18-6-3-2-5-17(18)21(26)28-22/h2-3,5-6,8-9,13H,4,7,10-12,14H2,1H3. The van der Waals surface area contributed by atoms with Gasteiger partial charge < -0.3 is 14.4 Å². The summed E-state index contributed by atoms with van der Waals surface area (Å²) in [6.45, 7) is 1.11. The Bertz CT molecular complexity index is 929. The Hall–Kier alpha value is -2.34. The first kappa shape index (κ1) is 19.0. The van der Waals surface area contributed by atoms with Gasteiger partial charge in [0.2, 0.25) is 5.91 Å². The van der Waals surface area contributed by atoms with E-state index in [-0.39, 0.29) is 11.9 Å². The number of nitrogens with zero attached hydrogens (tertiary/aromatic N) is 1. The van der Waals surface area contributed by atoms with E-state index in [4.69, 9.17) is 9.47 Å². The van der Waals surface area contributed by atoms with E-state index in [9.17, 15) is 9.59 Å². The number of ether oxygens (including phenoxy) is 2. The topological polar surface area (TPSA) is 55.8 Å². The SMILES string of the molecule is COc1ccc(Br)cc1CCC(=O)N1CCCC2(C1)OC(=O)c1ccccc12. The van der Waals surface area contributed by atoms with E-state index in [2.05, 4.69) is 15.9 Å². The third-order valence-corrected chi connectivity index (χ3v) is 6.08. The molecule has 2 aliphatic rings. The molecule has 2 aromatic carbocycles. The number of hydrogen-bond acceptors (Lipinski definition) is 4. The van der Waals surface area contributed by atoms with Crippen LogP contribution in [-0.4, -0.2) is 37.0 Å². The van der Waals surface area contributed by atoms with Crippen molar-refractivity contribution in [3.63, 3.8) is 0 Å². The molecule has 0 aliphatic carbocycles. The van der Waals surface area contributed by atoms with Gasteiger partial charge in [0.15, 0.2) is 5.60 Å². The number of esters is 1. The molecule has 1 atom stereocenters. The molecule has 0 aromatic heterocycles. The summed E-state index contributed by atoms with van der Waals surface area (Å²) in [5, 5.41) is 0. The summed E-state index contributed by atoms with van der Waals surface area (Å²) in [6.07, 6.45) is 2.55. The minimum absolute atomic E-state index is 0.0709. The molecule has 28 heavy (non-hydrogen) atoms. The van der Waals surface area contributed by atoms with Crippen LogP contribution in [0.3, 0.4) is 0 Å². The van der Waals surface area contributed by atoms with Crippen molar-refractivity contribution in [1.82, 2.24) is 4.90 Å². The molecule has 0 saturated carbocycles. The van der Waals surface area contributed by atoms with Crippen LogP contribution in [0.1, 0.15) is 40.7 Å². The quantitative estimate of drug-likeness (QED) is 0.667. The first-order valence-electron chi connectivity index (χ1n) is 9.45. The molecule has 6 heteroatoms. The predicted octanol–water partition coefficient (Wildman–Crippen LogP) is 4.08. The van der Waals surface area contributed by atoms with Gasteiger partial charge in [0.05, 0.1) is 19.2 Å². The van der Waals surface area contributed by atoms with E-state index >= 15 is 0 Å². The molecule has 0 N–H and O–H groups in total. The fourth-order valence-electron chi connectivity index (χ4n) is 4.23. The number of rotatable bonds is 4. The number of piperidine rings is 1. The summed E-state index contributed by atoms with van der Waals surface area (Å²) in [4.78, 5) is 27.0. The first-order chi connectivity index (χ1) is 13.5. The van der Waals surface area contributed by atoms with Crippen molar-refractivity contribution in [2.75, 3.05) is 20.2 Å². The zero-order valence-corrected chi connectivity index (χ0v) is 17.3. The molecule has 1 fully saturated rings. The highest BCUT2D eigenvalue weighted by Gasteiger charge is 2.48. The molecule has 0 bridgehead atoms. The zero-order valence-electron chi connectivity index (χ0n) is 15.7. The molecular formula is C22H22BrNO4. The number of hydrogen-bond donors (Lipinski definition) is 0. The highest BCUT2D eigenvalue weighted by atomic mass is 79.9. The molecule has 1 saturated heterocycles. The van der Waals surface area contributed by atoms with Gasteiger partial charge in [-0.25, -0.2) is 4.79 Å². The minimum atomic E-state index is -0.699. The Kier molecular flexibility index (Phi) is 5.15. The lowest BCUT2D eigenvalue weighted by Gasteiger charge is -2.39. The van der Waals surface area contributed by atoms with Gasteiger partial charge in [-0.05, 0) is 49.1 Å². The van der Waals surface area contributed by atoms with Crippen LogP contribution in [0, 0.1) is 0 Å². The second-order valence-corrected chi connectivity index (χ2v) is 8.22. The number of carbonyl (C=O) groups is 2. The van der Waals surface area contributed by atoms with Crippen LogP contribution in [0.4, 0.5) is 0 Å². The number of benzene rings is 2. The Morgan fingerprint density at radius 1 is 1.29 bits per heavy atom. The van der Waals surface area contributed by atoms with Gasteiger partial charge in [-0.15, -0.1) is 0 Å². The second kappa shape index (κ2) is 7.59. The van der Waals surface area contributed by atoms with Gasteiger partial charge in [-0.2, -0.15) is 0 Å². The lowest BCUT2D eigenvalue weighted by Crippen LogP contribution is -2.48. The van der Waals surface area contributed by atoms with Crippen LogP contribution in [0.5, 0.6) is 5.75 Å². The van der Waals surface area contributed by atoms with E-state index in [0.29, 0.717) is 31.5 Å². The van der Waals surface area contributed by atoms with Gasteiger partial charge in [0, 0.05) is 23.0 Å². The highest BCUT2D eigenvalue weighted by Crippen LogP contribution is 2.42. The van der Waals surface area contributed by atoms with Crippen molar-refractivity contribution >= 4 is 27.8 Å². The molecular weight excluding hydrogens is 422 g/mol. The Morgan fingerprint density at radius 2 is 2.11 bits per heavy atom. The minimum Gasteiger partial charge on any atom is -0.496 e. The fourth-order valence-corrected chi connectivity index (χ4v) is 4.63. The number of halogens is 1. The number of fused-ring (bicyclic) bond motifs is 2. The summed E-state index contributed by atoms with van der Waals surface area (Å²) in [5.74, 6) is 0.565. The van der Waals surface area contributed by atoms with Crippen molar-refractivity contribution in [3.05, 3.63) is 63.6 Å². The Balaban J connectivity index is 1.48. The maximum atomic E-state index is 12.9. The molecule has 1 unspecified atom stereocenters. The third kappa shape index (κ3) is 3.41. The highest BCUT2D eigenvalue weighted by molar-refractivity contribution is 9.10. The van der Waals surface area contributed by atoms with E-state index in [1.54, 1.807) is 13.2 Å². The van der Waals surface area contributed by atoms with Crippen LogP contribution in [-0.2, 0) is 21.6 Å². The van der Waals surface area contributed by atoms with Crippen molar-refractivity contribution in [1.29, 1.82) is 0 Å². The monoisotopic (exact) mass is 443 g/mol. The molecule has 2 aliphatic heterocycles. The smallest absolute Gasteiger partial charge is 0.339 e. The second-order valence-electron chi connectivity index (χ2n) is 7.30. The number of carbonyl (C=O) groups excluding carboxylic acids is 2. The molecule has 146 valence electrons. The zero-order chi connectivity index (χ0) is 19.7. The van der Waals surface area contributed by atoms with Gasteiger partial charge >= 0.3 is 5.97 Å². The van der Waals surface area contributed by atoms with E-state index in [1.807, 2.05) is 41.3 Å². The normalized spacial score (nSPS) is 20.8. The number of likely N-dealkylation sites (tertiary alicyclic amines) is 1. The summed E-state index contributed by atoms with van der Waals surface area (Å²) < 4.78 is 12.2. The maximum Gasteiger partial charge on any atom is 0.339 e. The van der Waals surface area contributed by atoms with Crippen LogP contribution in [0.2, 0.25) is 0 Å². The summed E-state index contributed by atoms with van der Waals surface area (Å²) in [7, 11) is 1.63. The lowest BCUT2D eigenvalue weighted by molar-refractivity contribution is -0.138. The predicted molar refractivity (Wildman–Crippen MR) is 108 cm³/mol. The van der Waals surface area contributed by atoms with Crippen molar-refractivity contribution in [3.8, 4) is 5.75 Å². The number of amides is 1. The third-order valence-electron chi connectivity index (χ3n) is 5.58. The van der Waals surface area contributed by atoms with Gasteiger partial charge in [-0.1, -0.05) is 34.1 Å². The van der Waals surface area contributed by atoms with Crippen LogP contribution in [0.15, 0.2) is 46.9 Å². The number of methoxy groups -OCH3 is 1. The van der Waals surface area contributed by atoms with E-state index in [0.717, 1.165) is 34.2 Å². The largest absolute Gasteiger partial charge is 0.496 e. The average Bonchev–Trinajstić information content (AvgIpc) is 2.98. The van der Waals surface area contributed by atoms with E-state index < -0.39 is 5.60 Å². The molecule has 2 heterocycles. The van der Waals surface area contributed by atoms with E-state index in [1.165, 1.54) is 0 Å². The molecule has 2 aromatic rings.